The fourth-order valence-corrected chi connectivity index (χ4v) is 1.89. The molecule has 18 heavy (non-hydrogen) atoms. The maximum Gasteiger partial charge on any atom is 0.238 e. The Bertz CT molecular complexity index is 386. The van der Waals surface area contributed by atoms with Gasteiger partial charge in [0.15, 0.2) is 0 Å². The van der Waals surface area contributed by atoms with E-state index in [1.54, 1.807) is 7.11 Å². The summed E-state index contributed by atoms with van der Waals surface area (Å²) < 4.78 is 5.08. The molecule has 1 fully saturated rings. The Balaban J connectivity index is 1.80. The highest BCUT2D eigenvalue weighted by Gasteiger charge is 2.19. The first-order chi connectivity index (χ1) is 8.79. The van der Waals surface area contributed by atoms with Crippen molar-refractivity contribution in [1.82, 2.24) is 16.0 Å². The Hall–Kier alpha value is -1.59. The molecule has 5 heteroatoms. The number of rotatable bonds is 4. The fourth-order valence-electron chi connectivity index (χ4n) is 1.89. The van der Waals surface area contributed by atoms with Crippen molar-refractivity contribution in [2.24, 2.45) is 0 Å². The van der Waals surface area contributed by atoms with E-state index in [1.807, 2.05) is 24.3 Å². The maximum absolute atomic E-state index is 11.9. The van der Waals surface area contributed by atoms with E-state index in [-0.39, 0.29) is 11.9 Å². The quantitative estimate of drug-likeness (QED) is 0.696. The lowest BCUT2D eigenvalue weighted by Gasteiger charge is -2.23. The molecule has 0 bridgehead atoms. The fraction of sp³-hybridized carbons (Fsp3) is 0.462. The van der Waals surface area contributed by atoms with E-state index in [2.05, 4.69) is 16.0 Å². The molecule has 1 saturated heterocycles. The lowest BCUT2D eigenvalue weighted by molar-refractivity contribution is -0.123. The van der Waals surface area contributed by atoms with Crippen molar-refractivity contribution in [3.63, 3.8) is 0 Å². The summed E-state index contributed by atoms with van der Waals surface area (Å²) in [5, 5.41) is 9.29. The Morgan fingerprint density at radius 1 is 1.39 bits per heavy atom. The van der Waals surface area contributed by atoms with Crippen molar-refractivity contribution < 1.29 is 9.53 Å². The third-order valence-electron chi connectivity index (χ3n) is 2.98. The lowest BCUT2D eigenvalue weighted by Crippen LogP contribution is -2.55. The second kappa shape index (κ2) is 6.37. The van der Waals surface area contributed by atoms with Crippen molar-refractivity contribution in [3.8, 4) is 5.75 Å². The summed E-state index contributed by atoms with van der Waals surface area (Å²) in [7, 11) is 1.64. The predicted molar refractivity (Wildman–Crippen MR) is 69.5 cm³/mol. The van der Waals surface area contributed by atoms with Gasteiger partial charge in [0.1, 0.15) is 5.75 Å². The Labute approximate surface area is 107 Å². The summed E-state index contributed by atoms with van der Waals surface area (Å²) in [6.45, 7) is 2.98. The van der Waals surface area contributed by atoms with E-state index in [1.165, 1.54) is 0 Å². The number of hydrogen-bond donors (Lipinski definition) is 3. The lowest BCUT2D eigenvalue weighted by atomic mass is 10.2. The van der Waals surface area contributed by atoms with Crippen LogP contribution in [0, 0.1) is 0 Å². The standard InChI is InChI=1S/C13H19N3O2/c1-18-11-4-2-10(3-5-11)8-16-13(17)12-9-14-6-7-15-12/h2-5,12,14-15H,6-9H2,1H3,(H,16,17). The van der Waals surface area contributed by atoms with E-state index in [4.69, 9.17) is 4.74 Å². The van der Waals surface area contributed by atoms with Crippen LogP contribution in [0.5, 0.6) is 5.75 Å². The normalized spacial score (nSPS) is 19.3. The highest BCUT2D eigenvalue weighted by atomic mass is 16.5. The second-order valence-corrected chi connectivity index (χ2v) is 4.28. The van der Waals surface area contributed by atoms with Crippen LogP contribution in [-0.4, -0.2) is 38.7 Å². The van der Waals surface area contributed by atoms with Crippen LogP contribution in [0.25, 0.3) is 0 Å². The highest BCUT2D eigenvalue weighted by Crippen LogP contribution is 2.10. The first-order valence-electron chi connectivity index (χ1n) is 6.14. The molecule has 0 saturated carbocycles. The molecule has 0 aliphatic carbocycles. The number of carbonyl (C=O) groups excluding carboxylic acids is 1. The molecular weight excluding hydrogens is 230 g/mol. The number of hydrogen-bond acceptors (Lipinski definition) is 4. The van der Waals surface area contributed by atoms with Crippen LogP contribution in [0.2, 0.25) is 0 Å². The zero-order chi connectivity index (χ0) is 12.8. The first-order valence-corrected chi connectivity index (χ1v) is 6.14. The number of ether oxygens (including phenoxy) is 1. The third-order valence-corrected chi connectivity index (χ3v) is 2.98. The summed E-state index contributed by atoms with van der Waals surface area (Å²) in [6, 6.07) is 7.55. The average Bonchev–Trinajstić information content (AvgIpc) is 2.46. The van der Waals surface area contributed by atoms with Crippen molar-refractivity contribution in [2.45, 2.75) is 12.6 Å². The Kier molecular flexibility index (Phi) is 4.55. The summed E-state index contributed by atoms with van der Waals surface area (Å²) in [5.41, 5.74) is 1.06. The molecule has 3 N–H and O–H groups in total. The molecule has 0 spiro atoms. The topological polar surface area (TPSA) is 62.4 Å². The summed E-state index contributed by atoms with van der Waals surface area (Å²) in [5.74, 6) is 0.862. The summed E-state index contributed by atoms with van der Waals surface area (Å²) >= 11 is 0. The molecule has 5 nitrogen and oxygen atoms in total. The van der Waals surface area contributed by atoms with E-state index in [0.717, 1.165) is 24.4 Å². The van der Waals surface area contributed by atoms with Crippen LogP contribution in [-0.2, 0) is 11.3 Å². The minimum Gasteiger partial charge on any atom is -0.497 e. The summed E-state index contributed by atoms with van der Waals surface area (Å²) in [6.07, 6.45) is 0. The minimum atomic E-state index is -0.128. The van der Waals surface area contributed by atoms with Gasteiger partial charge in [-0.3, -0.25) is 4.79 Å². The second-order valence-electron chi connectivity index (χ2n) is 4.28. The van der Waals surface area contributed by atoms with Gasteiger partial charge in [-0.1, -0.05) is 12.1 Å². The number of piperazine rings is 1. The molecule has 98 valence electrons. The number of benzene rings is 1. The third kappa shape index (κ3) is 3.45. The van der Waals surface area contributed by atoms with Gasteiger partial charge in [0.2, 0.25) is 5.91 Å². The van der Waals surface area contributed by atoms with Crippen LogP contribution in [0.15, 0.2) is 24.3 Å². The molecule has 1 unspecified atom stereocenters. The maximum atomic E-state index is 11.9. The van der Waals surface area contributed by atoms with Gasteiger partial charge >= 0.3 is 0 Å². The molecule has 1 aromatic carbocycles. The highest BCUT2D eigenvalue weighted by molar-refractivity contribution is 5.82. The van der Waals surface area contributed by atoms with Gasteiger partial charge in [-0.25, -0.2) is 0 Å². The molecule has 0 aromatic heterocycles. The Morgan fingerprint density at radius 2 is 2.17 bits per heavy atom. The van der Waals surface area contributed by atoms with Gasteiger partial charge in [0, 0.05) is 26.2 Å². The van der Waals surface area contributed by atoms with Crippen LogP contribution >= 0.6 is 0 Å². The Morgan fingerprint density at radius 3 is 2.78 bits per heavy atom. The smallest absolute Gasteiger partial charge is 0.238 e. The molecule has 1 aromatic rings. The monoisotopic (exact) mass is 249 g/mol. The summed E-state index contributed by atoms with van der Waals surface area (Å²) in [4.78, 5) is 11.9. The van der Waals surface area contributed by atoms with Crippen LogP contribution in [0.1, 0.15) is 5.56 Å². The molecular formula is C13H19N3O2. The van der Waals surface area contributed by atoms with Crippen molar-refractivity contribution in [3.05, 3.63) is 29.8 Å². The van der Waals surface area contributed by atoms with Crippen LogP contribution < -0.4 is 20.7 Å². The SMILES string of the molecule is COc1ccc(CNC(=O)C2CNCCN2)cc1. The van der Waals surface area contributed by atoms with Gasteiger partial charge in [-0.05, 0) is 17.7 Å². The van der Waals surface area contributed by atoms with E-state index >= 15 is 0 Å². The van der Waals surface area contributed by atoms with Gasteiger partial charge in [-0.2, -0.15) is 0 Å². The molecule has 1 aliphatic rings. The zero-order valence-electron chi connectivity index (χ0n) is 10.5. The molecule has 2 rings (SSSR count). The van der Waals surface area contributed by atoms with Crippen molar-refractivity contribution in [1.29, 1.82) is 0 Å². The molecule has 1 aliphatic heterocycles. The minimum absolute atomic E-state index is 0.0398. The number of methoxy groups -OCH3 is 1. The largest absolute Gasteiger partial charge is 0.497 e. The number of nitrogens with one attached hydrogen (secondary N) is 3. The van der Waals surface area contributed by atoms with Crippen molar-refractivity contribution >= 4 is 5.91 Å². The van der Waals surface area contributed by atoms with Gasteiger partial charge < -0.3 is 20.7 Å². The van der Waals surface area contributed by atoms with Gasteiger partial charge in [-0.15, -0.1) is 0 Å². The van der Waals surface area contributed by atoms with Gasteiger partial charge in [0.05, 0.1) is 13.2 Å². The molecule has 1 heterocycles. The van der Waals surface area contributed by atoms with Crippen LogP contribution in [0.3, 0.4) is 0 Å². The van der Waals surface area contributed by atoms with E-state index in [0.29, 0.717) is 13.1 Å². The van der Waals surface area contributed by atoms with Gasteiger partial charge in [0.25, 0.3) is 0 Å². The zero-order valence-corrected chi connectivity index (χ0v) is 10.5. The molecule has 1 amide bonds. The number of amides is 1. The number of carbonyl (C=O) groups is 1. The predicted octanol–water partition coefficient (Wildman–Crippen LogP) is -0.127. The molecule has 0 radical (unpaired) electrons. The average molecular weight is 249 g/mol. The van der Waals surface area contributed by atoms with E-state index in [9.17, 15) is 4.79 Å². The first kappa shape index (κ1) is 12.9. The van der Waals surface area contributed by atoms with Crippen LogP contribution in [0.4, 0.5) is 0 Å². The molecule has 1 atom stereocenters. The van der Waals surface area contributed by atoms with Crippen molar-refractivity contribution in [2.75, 3.05) is 26.7 Å². The van der Waals surface area contributed by atoms with E-state index < -0.39 is 0 Å².